The quantitative estimate of drug-likeness (QED) is 0.310. The SMILES string of the molecule is C[C@]12C=CC(=O)C=C1C=C[C@@H]1[C@@H]2CC[C@]2(C)C(=O)CC[C@@H]12.C[C@]12C=CC(=O)C=C1C=C[C@@H]1[C@@H]2CC[C@]2(C)C(=O)CC[C@@H]12. The predicted octanol–water partition coefficient (Wildman–Crippen LogP) is 7.28. The van der Waals surface area contributed by atoms with Gasteiger partial charge in [0, 0.05) is 34.5 Å². The van der Waals surface area contributed by atoms with Gasteiger partial charge in [0.1, 0.15) is 11.6 Å². The smallest absolute Gasteiger partial charge is 0.178 e. The van der Waals surface area contributed by atoms with Crippen LogP contribution in [0.25, 0.3) is 0 Å². The van der Waals surface area contributed by atoms with Gasteiger partial charge >= 0.3 is 0 Å². The molecule has 0 radical (unpaired) electrons. The van der Waals surface area contributed by atoms with Crippen molar-refractivity contribution in [2.75, 3.05) is 0 Å². The molecular weight excluding hydrogens is 520 g/mol. The summed E-state index contributed by atoms with van der Waals surface area (Å²) in [6.45, 7) is 8.90. The average Bonchev–Trinajstić information content (AvgIpc) is 3.44. The van der Waals surface area contributed by atoms with Crippen LogP contribution in [-0.2, 0) is 19.2 Å². The minimum atomic E-state index is -0.0999. The molecule has 4 heteroatoms. The highest BCUT2D eigenvalue weighted by Gasteiger charge is 2.58. The summed E-state index contributed by atoms with van der Waals surface area (Å²) >= 11 is 0. The van der Waals surface area contributed by atoms with Gasteiger partial charge in [-0.2, -0.15) is 0 Å². The normalized spacial score (nSPS) is 47.7. The number of rotatable bonds is 0. The molecule has 0 aliphatic heterocycles. The molecule has 0 heterocycles. The lowest BCUT2D eigenvalue weighted by atomic mass is 9.50. The molecule has 0 saturated heterocycles. The molecule has 4 nitrogen and oxygen atoms in total. The highest BCUT2D eigenvalue weighted by atomic mass is 16.1. The van der Waals surface area contributed by atoms with E-state index >= 15 is 0 Å². The van der Waals surface area contributed by atoms with Gasteiger partial charge < -0.3 is 0 Å². The van der Waals surface area contributed by atoms with Crippen molar-refractivity contribution in [2.24, 2.45) is 57.2 Å². The van der Waals surface area contributed by atoms with E-state index in [1.165, 1.54) is 0 Å². The largest absolute Gasteiger partial charge is 0.299 e. The zero-order valence-corrected chi connectivity index (χ0v) is 25.5. The van der Waals surface area contributed by atoms with Gasteiger partial charge in [-0.25, -0.2) is 0 Å². The molecule has 4 saturated carbocycles. The van der Waals surface area contributed by atoms with E-state index in [9.17, 15) is 19.2 Å². The van der Waals surface area contributed by atoms with E-state index < -0.39 is 0 Å². The lowest BCUT2D eigenvalue weighted by molar-refractivity contribution is -0.130. The van der Waals surface area contributed by atoms with Crippen molar-refractivity contribution in [3.63, 3.8) is 0 Å². The van der Waals surface area contributed by atoms with E-state index in [0.29, 0.717) is 47.1 Å². The molecule has 0 amide bonds. The fourth-order valence-electron chi connectivity index (χ4n) is 10.8. The second-order valence-electron chi connectivity index (χ2n) is 15.4. The Morgan fingerprint density at radius 2 is 0.952 bits per heavy atom. The summed E-state index contributed by atoms with van der Waals surface area (Å²) in [6, 6.07) is 0. The molecule has 42 heavy (non-hydrogen) atoms. The molecule has 4 fully saturated rings. The Kier molecular flexibility index (Phi) is 6.19. The number of Topliss-reactive ketones (excluding diaryl/α,β-unsaturated/α-hetero) is 2. The van der Waals surface area contributed by atoms with Crippen LogP contribution in [0.1, 0.15) is 79.1 Å². The maximum absolute atomic E-state index is 12.3. The molecule has 220 valence electrons. The molecule has 0 N–H and O–H groups in total. The third-order valence-corrected chi connectivity index (χ3v) is 13.6. The lowest BCUT2D eigenvalue weighted by Crippen LogP contribution is -2.48. The van der Waals surface area contributed by atoms with Crippen molar-refractivity contribution < 1.29 is 19.2 Å². The molecule has 10 atom stereocenters. The highest BCUT2D eigenvalue weighted by Crippen LogP contribution is 2.63. The van der Waals surface area contributed by atoms with E-state index in [0.717, 1.165) is 62.5 Å². The van der Waals surface area contributed by atoms with Crippen molar-refractivity contribution in [3.8, 4) is 0 Å². The van der Waals surface area contributed by atoms with Gasteiger partial charge in [-0.1, -0.05) is 64.2 Å². The first-order valence-electron chi connectivity index (χ1n) is 16.2. The summed E-state index contributed by atoms with van der Waals surface area (Å²) in [5, 5.41) is 0. The number of hydrogen-bond acceptors (Lipinski definition) is 4. The number of ketones is 4. The van der Waals surface area contributed by atoms with Gasteiger partial charge in [-0.15, -0.1) is 0 Å². The Bertz CT molecular complexity index is 1360. The number of hydrogen-bond donors (Lipinski definition) is 0. The summed E-state index contributed by atoms with van der Waals surface area (Å²) in [5.41, 5.74) is 2.06. The van der Waals surface area contributed by atoms with Gasteiger partial charge in [0.2, 0.25) is 0 Å². The third-order valence-electron chi connectivity index (χ3n) is 13.6. The van der Waals surface area contributed by atoms with Crippen LogP contribution in [0.4, 0.5) is 0 Å². The molecular formula is C38H44O4. The first kappa shape index (κ1) is 27.9. The topological polar surface area (TPSA) is 68.3 Å². The Balaban J connectivity index is 0.000000137. The Labute approximate surface area is 250 Å². The van der Waals surface area contributed by atoms with Crippen molar-refractivity contribution in [3.05, 3.63) is 71.9 Å². The molecule has 0 aromatic carbocycles. The van der Waals surface area contributed by atoms with E-state index in [1.807, 2.05) is 0 Å². The molecule has 0 aromatic rings. The fraction of sp³-hybridized carbons (Fsp3) is 0.579. The van der Waals surface area contributed by atoms with Crippen LogP contribution in [-0.4, -0.2) is 23.1 Å². The van der Waals surface area contributed by atoms with Gasteiger partial charge in [-0.05, 0) is 109 Å². The van der Waals surface area contributed by atoms with Crippen LogP contribution in [0.5, 0.6) is 0 Å². The molecule has 0 unspecified atom stereocenters. The summed E-state index contributed by atoms with van der Waals surface area (Å²) < 4.78 is 0. The summed E-state index contributed by atoms with van der Waals surface area (Å²) in [7, 11) is 0. The monoisotopic (exact) mass is 564 g/mol. The van der Waals surface area contributed by atoms with Gasteiger partial charge in [0.05, 0.1) is 0 Å². The molecule has 8 aliphatic carbocycles. The number of carbonyl (C=O) groups is 4. The van der Waals surface area contributed by atoms with E-state index in [2.05, 4.69) is 64.2 Å². The Morgan fingerprint density at radius 3 is 1.36 bits per heavy atom. The van der Waals surface area contributed by atoms with Crippen LogP contribution < -0.4 is 0 Å². The van der Waals surface area contributed by atoms with Crippen LogP contribution >= 0.6 is 0 Å². The Morgan fingerprint density at radius 1 is 0.548 bits per heavy atom. The minimum absolute atomic E-state index is 0.0275. The third kappa shape index (κ3) is 3.78. The second-order valence-corrected chi connectivity index (χ2v) is 15.4. The lowest BCUT2D eigenvalue weighted by Gasteiger charge is -2.53. The van der Waals surface area contributed by atoms with Crippen LogP contribution in [0, 0.1) is 57.2 Å². The predicted molar refractivity (Wildman–Crippen MR) is 163 cm³/mol. The van der Waals surface area contributed by atoms with Crippen molar-refractivity contribution >= 4 is 23.1 Å². The summed E-state index contributed by atoms with van der Waals surface area (Å²) in [5.74, 6) is 4.15. The fourth-order valence-corrected chi connectivity index (χ4v) is 10.8. The zero-order chi connectivity index (χ0) is 29.7. The van der Waals surface area contributed by atoms with Crippen LogP contribution in [0.15, 0.2) is 71.9 Å². The number of fused-ring (bicyclic) bond motifs is 10. The molecule has 0 bridgehead atoms. The van der Waals surface area contributed by atoms with Crippen LogP contribution in [0.2, 0.25) is 0 Å². The van der Waals surface area contributed by atoms with E-state index in [1.54, 1.807) is 24.3 Å². The molecule has 8 rings (SSSR count). The summed E-state index contributed by atoms with van der Waals surface area (Å²) in [4.78, 5) is 47.9. The molecule has 8 aliphatic rings. The second kappa shape index (κ2) is 9.31. The Hall–Kier alpha value is -2.88. The maximum Gasteiger partial charge on any atom is 0.178 e. The van der Waals surface area contributed by atoms with Gasteiger partial charge in [0.15, 0.2) is 11.6 Å². The van der Waals surface area contributed by atoms with Crippen molar-refractivity contribution in [1.82, 2.24) is 0 Å². The van der Waals surface area contributed by atoms with E-state index in [-0.39, 0.29) is 33.2 Å². The minimum Gasteiger partial charge on any atom is -0.299 e. The maximum atomic E-state index is 12.3. The number of allylic oxidation sites excluding steroid dienone is 12. The highest BCUT2D eigenvalue weighted by molar-refractivity contribution is 6.02. The van der Waals surface area contributed by atoms with Crippen molar-refractivity contribution in [2.45, 2.75) is 79.1 Å². The van der Waals surface area contributed by atoms with Gasteiger partial charge in [0.25, 0.3) is 0 Å². The molecule has 0 spiro atoms. The average molecular weight is 565 g/mol. The first-order valence-corrected chi connectivity index (χ1v) is 16.2. The van der Waals surface area contributed by atoms with Crippen LogP contribution in [0.3, 0.4) is 0 Å². The zero-order valence-electron chi connectivity index (χ0n) is 25.5. The van der Waals surface area contributed by atoms with Crippen molar-refractivity contribution in [1.29, 1.82) is 0 Å². The molecule has 0 aromatic heterocycles. The summed E-state index contributed by atoms with van der Waals surface area (Å²) in [6.07, 6.45) is 27.9. The number of carbonyl (C=O) groups excluding carboxylic acids is 4. The van der Waals surface area contributed by atoms with E-state index in [4.69, 9.17) is 0 Å². The standard InChI is InChI=1S/2C19H22O2/c2*1-18-9-7-13(20)11-12(18)3-4-14-15-5-6-17(21)19(15,2)10-8-16(14)18/h2*3-4,7,9,11,14-16H,5-6,8,10H2,1-2H3/t2*14-,15-,16-,18-,19-/m00/s1. The first-order chi connectivity index (χ1) is 19.9. The van der Waals surface area contributed by atoms with Gasteiger partial charge in [-0.3, -0.25) is 19.2 Å².